The van der Waals surface area contributed by atoms with Crippen molar-refractivity contribution in [2.24, 2.45) is 0 Å². The van der Waals surface area contributed by atoms with Gasteiger partial charge >= 0.3 is 0 Å². The molecule has 3 aromatic rings. The molecule has 2 aliphatic rings. The highest BCUT2D eigenvalue weighted by Crippen LogP contribution is 2.44. The van der Waals surface area contributed by atoms with Gasteiger partial charge in [0, 0.05) is 36.2 Å². The van der Waals surface area contributed by atoms with Crippen molar-refractivity contribution in [1.29, 1.82) is 0 Å². The van der Waals surface area contributed by atoms with Crippen LogP contribution in [0.1, 0.15) is 29.5 Å². The molecule has 5 rings (SSSR count). The minimum Gasteiger partial charge on any atom is -0.493 e. The van der Waals surface area contributed by atoms with Crippen LogP contribution in [0.25, 0.3) is 11.3 Å². The number of aromatic nitrogens is 2. The number of methoxy groups -OCH3 is 1. The summed E-state index contributed by atoms with van der Waals surface area (Å²) in [5.74, 6) is 1.71. The molecule has 0 spiro atoms. The number of benzene rings is 2. The summed E-state index contributed by atoms with van der Waals surface area (Å²) in [4.78, 5) is 2.27. The van der Waals surface area contributed by atoms with Crippen molar-refractivity contribution < 1.29 is 19.0 Å². The van der Waals surface area contributed by atoms with Crippen molar-refractivity contribution in [2.75, 3.05) is 38.7 Å². The molecule has 8 heteroatoms. The average Bonchev–Trinajstić information content (AvgIpc) is 3.54. The number of H-pyrrole nitrogens is 1. The Bertz CT molecular complexity index is 1130. The number of hydrogen-bond donors (Lipinski definition) is 3. The fraction of sp³-hybridized carbons (Fsp3) is 0.400. The van der Waals surface area contributed by atoms with E-state index in [1.165, 1.54) is 18.9 Å². The van der Waals surface area contributed by atoms with Crippen LogP contribution in [-0.4, -0.2) is 59.7 Å². The fourth-order valence-corrected chi connectivity index (χ4v) is 4.67. The molecule has 7 nitrogen and oxygen atoms in total. The van der Waals surface area contributed by atoms with Gasteiger partial charge in [-0.15, -0.1) is 0 Å². The van der Waals surface area contributed by atoms with Gasteiger partial charge in [-0.05, 0) is 49.7 Å². The molecule has 1 atom stereocenters. The summed E-state index contributed by atoms with van der Waals surface area (Å²) in [7, 11) is 1.61. The number of aromatic amines is 1. The Balaban J connectivity index is 1.28. The lowest BCUT2D eigenvalue weighted by Crippen LogP contribution is -2.33. The second kappa shape index (κ2) is 9.41. The van der Waals surface area contributed by atoms with E-state index in [4.69, 9.17) is 9.47 Å². The molecule has 0 radical (unpaired) electrons. The Hall–Kier alpha value is -3.10. The minimum absolute atomic E-state index is 0.216. The smallest absolute Gasteiger partial charge is 0.161 e. The number of hydrogen-bond acceptors (Lipinski definition) is 6. The topological polar surface area (TPSA) is 82.6 Å². The first-order valence-electron chi connectivity index (χ1n) is 11.4. The summed E-state index contributed by atoms with van der Waals surface area (Å²) in [5.41, 5.74) is 4.67. The monoisotopic (exact) mass is 452 g/mol. The molecular formula is C25H29FN4O3. The molecule has 1 fully saturated rings. The van der Waals surface area contributed by atoms with E-state index in [2.05, 4.69) is 20.4 Å². The number of fused-ring (bicyclic) bond motifs is 3. The predicted octanol–water partition coefficient (Wildman–Crippen LogP) is 3.58. The average molecular weight is 453 g/mol. The predicted molar refractivity (Wildman–Crippen MR) is 124 cm³/mol. The number of likely N-dealkylation sites (tertiary alicyclic amines) is 1. The van der Waals surface area contributed by atoms with E-state index in [9.17, 15) is 9.50 Å². The number of β-amino-alcohol motifs (C(OH)–C–C–N with tert-alkyl or cyclic N) is 1. The Labute approximate surface area is 192 Å². The van der Waals surface area contributed by atoms with Gasteiger partial charge in [-0.3, -0.25) is 5.10 Å². The van der Waals surface area contributed by atoms with Gasteiger partial charge in [0.1, 0.15) is 18.5 Å². The third kappa shape index (κ3) is 4.54. The Kier molecular flexibility index (Phi) is 6.20. The van der Waals surface area contributed by atoms with Crippen molar-refractivity contribution in [3.8, 4) is 22.8 Å². The highest BCUT2D eigenvalue weighted by molar-refractivity contribution is 5.80. The zero-order chi connectivity index (χ0) is 22.8. The molecule has 0 saturated carbocycles. The quantitative estimate of drug-likeness (QED) is 0.360. The second-order valence-electron chi connectivity index (χ2n) is 8.68. The van der Waals surface area contributed by atoms with Gasteiger partial charge < -0.3 is 24.8 Å². The maximum atomic E-state index is 14.0. The molecule has 1 aliphatic heterocycles. The minimum atomic E-state index is -0.549. The van der Waals surface area contributed by atoms with Gasteiger partial charge in [0.05, 0.1) is 12.8 Å². The number of nitrogens with zero attached hydrogens (tertiary/aromatic N) is 2. The summed E-state index contributed by atoms with van der Waals surface area (Å²) in [6, 6.07) is 10.6. The molecule has 174 valence electrons. The molecule has 1 unspecified atom stereocenters. The van der Waals surface area contributed by atoms with Crippen LogP contribution in [0.4, 0.5) is 10.2 Å². The lowest BCUT2D eigenvalue weighted by Gasteiger charge is -2.20. The van der Waals surface area contributed by atoms with Crippen LogP contribution in [0.15, 0.2) is 36.4 Å². The summed E-state index contributed by atoms with van der Waals surface area (Å²) in [6.07, 6.45) is 2.51. The standard InChI is InChI=1S/C25H29FN4O3/c1-32-22-12-19-17(11-23(22)33-15-18(31)14-30-8-4-5-9-30)10-20-24(19)28-29-25(20)27-13-16-6-2-3-7-21(16)26/h2-3,6-7,11-12,18,31H,4-5,8-10,13-15H2,1H3,(H2,27,28,29). The van der Waals surface area contributed by atoms with Crippen LogP contribution >= 0.6 is 0 Å². The van der Waals surface area contributed by atoms with Gasteiger partial charge in [-0.1, -0.05) is 18.2 Å². The number of ether oxygens (including phenoxy) is 2. The highest BCUT2D eigenvalue weighted by Gasteiger charge is 2.27. The molecule has 2 heterocycles. The van der Waals surface area contributed by atoms with Crippen LogP contribution in [0.3, 0.4) is 0 Å². The molecule has 1 aromatic heterocycles. The zero-order valence-electron chi connectivity index (χ0n) is 18.7. The van der Waals surface area contributed by atoms with Crippen molar-refractivity contribution in [1.82, 2.24) is 15.1 Å². The highest BCUT2D eigenvalue weighted by atomic mass is 19.1. The van der Waals surface area contributed by atoms with Gasteiger partial charge in [-0.2, -0.15) is 5.10 Å². The van der Waals surface area contributed by atoms with E-state index in [1.54, 1.807) is 19.2 Å². The maximum Gasteiger partial charge on any atom is 0.161 e. The van der Waals surface area contributed by atoms with Crippen molar-refractivity contribution in [3.05, 3.63) is 58.9 Å². The molecule has 2 aromatic carbocycles. The SMILES string of the molecule is COc1cc2c(cc1OCC(O)CN1CCCC1)Cc1c(NCc3ccccc3F)n[nH]c1-2. The lowest BCUT2D eigenvalue weighted by molar-refractivity contribution is 0.0747. The van der Waals surface area contributed by atoms with Crippen LogP contribution in [0.5, 0.6) is 11.5 Å². The van der Waals surface area contributed by atoms with Crippen molar-refractivity contribution in [3.63, 3.8) is 0 Å². The van der Waals surface area contributed by atoms with E-state index < -0.39 is 6.10 Å². The summed E-state index contributed by atoms with van der Waals surface area (Å²) in [6.45, 7) is 3.28. The summed E-state index contributed by atoms with van der Waals surface area (Å²) < 4.78 is 25.5. The first-order valence-corrected chi connectivity index (χ1v) is 11.4. The molecule has 0 amide bonds. The van der Waals surface area contributed by atoms with Gasteiger partial charge in [-0.25, -0.2) is 4.39 Å². The van der Waals surface area contributed by atoms with E-state index in [0.29, 0.717) is 42.4 Å². The van der Waals surface area contributed by atoms with E-state index in [0.717, 1.165) is 35.5 Å². The van der Waals surface area contributed by atoms with Gasteiger partial charge in [0.2, 0.25) is 0 Å². The number of nitrogens with one attached hydrogen (secondary N) is 2. The third-order valence-corrected chi connectivity index (χ3v) is 6.40. The number of anilines is 1. The van der Waals surface area contributed by atoms with Crippen molar-refractivity contribution in [2.45, 2.75) is 31.9 Å². The van der Waals surface area contributed by atoms with Gasteiger partial charge in [0.25, 0.3) is 0 Å². The van der Waals surface area contributed by atoms with E-state index in [1.807, 2.05) is 18.2 Å². The molecule has 1 saturated heterocycles. The second-order valence-corrected chi connectivity index (χ2v) is 8.68. The first-order chi connectivity index (χ1) is 16.1. The first kappa shape index (κ1) is 21.7. The number of aliphatic hydroxyl groups excluding tert-OH is 1. The van der Waals surface area contributed by atoms with Gasteiger partial charge in [0.15, 0.2) is 17.3 Å². The normalized spacial score (nSPS) is 15.8. The summed E-state index contributed by atoms with van der Waals surface area (Å²) >= 11 is 0. The Morgan fingerprint density at radius 1 is 1.21 bits per heavy atom. The number of halogens is 1. The molecule has 33 heavy (non-hydrogen) atoms. The van der Waals surface area contributed by atoms with E-state index >= 15 is 0 Å². The van der Waals surface area contributed by atoms with Crippen LogP contribution in [0.2, 0.25) is 0 Å². The fourth-order valence-electron chi connectivity index (χ4n) is 4.67. The number of aliphatic hydroxyl groups is 1. The molecule has 1 aliphatic carbocycles. The number of rotatable bonds is 9. The van der Waals surface area contributed by atoms with Crippen LogP contribution in [0, 0.1) is 5.82 Å². The molecule has 3 N–H and O–H groups in total. The molecule has 0 bridgehead atoms. The van der Waals surface area contributed by atoms with Crippen LogP contribution in [-0.2, 0) is 13.0 Å². The summed E-state index contributed by atoms with van der Waals surface area (Å²) in [5, 5.41) is 21.1. The zero-order valence-corrected chi connectivity index (χ0v) is 18.7. The largest absolute Gasteiger partial charge is 0.493 e. The lowest BCUT2D eigenvalue weighted by atomic mass is 10.1. The van der Waals surface area contributed by atoms with E-state index in [-0.39, 0.29) is 12.4 Å². The Morgan fingerprint density at radius 2 is 2.03 bits per heavy atom. The molecular weight excluding hydrogens is 423 g/mol. The maximum absolute atomic E-state index is 14.0. The Morgan fingerprint density at radius 3 is 2.82 bits per heavy atom. The van der Waals surface area contributed by atoms with Crippen LogP contribution < -0.4 is 14.8 Å². The van der Waals surface area contributed by atoms with Crippen molar-refractivity contribution >= 4 is 5.82 Å². The third-order valence-electron chi connectivity index (χ3n) is 6.40.